The molecular weight excluding hydrogens is 434 g/mol. The number of nitrogens with one attached hydrogen (secondary N) is 1. The third-order valence-electron chi connectivity index (χ3n) is 5.83. The van der Waals surface area contributed by atoms with Gasteiger partial charge in [-0.3, -0.25) is 9.59 Å². The number of hydrogen-bond acceptors (Lipinski definition) is 6. The molecule has 1 atom stereocenters. The van der Waals surface area contributed by atoms with Crippen LogP contribution in [0.2, 0.25) is 0 Å². The minimum atomic E-state index is -0.425. The van der Waals surface area contributed by atoms with Crippen LogP contribution in [0.4, 0.5) is 0 Å². The van der Waals surface area contributed by atoms with Crippen molar-refractivity contribution in [2.75, 3.05) is 14.2 Å². The van der Waals surface area contributed by atoms with Gasteiger partial charge < -0.3 is 19.4 Å². The van der Waals surface area contributed by atoms with E-state index in [4.69, 9.17) is 14.5 Å². The van der Waals surface area contributed by atoms with Gasteiger partial charge >= 0.3 is 0 Å². The molecule has 0 saturated carbocycles. The Hall–Kier alpha value is -3.88. The van der Waals surface area contributed by atoms with Crippen molar-refractivity contribution >= 4 is 27.7 Å². The third-order valence-corrected chi connectivity index (χ3v) is 5.83. The summed E-state index contributed by atoms with van der Waals surface area (Å²) in [5, 5.41) is 8.19. The highest BCUT2D eigenvalue weighted by Gasteiger charge is 2.23. The Kier molecular flexibility index (Phi) is 6.54. The van der Waals surface area contributed by atoms with Gasteiger partial charge in [-0.1, -0.05) is 26.0 Å². The molecule has 0 aliphatic heterocycles. The Morgan fingerprint density at radius 2 is 1.88 bits per heavy atom. The molecule has 9 heteroatoms. The van der Waals surface area contributed by atoms with E-state index in [-0.39, 0.29) is 18.5 Å². The van der Waals surface area contributed by atoms with Crippen molar-refractivity contribution < 1.29 is 14.3 Å². The van der Waals surface area contributed by atoms with E-state index in [2.05, 4.69) is 24.3 Å². The maximum absolute atomic E-state index is 13.2. The first-order valence-corrected chi connectivity index (χ1v) is 11.2. The fourth-order valence-electron chi connectivity index (χ4n) is 4.25. The number of nitrogens with zero attached hydrogens (tertiary/aromatic N) is 4. The van der Waals surface area contributed by atoms with Crippen LogP contribution in [0.3, 0.4) is 0 Å². The number of benzene rings is 2. The molecule has 9 nitrogen and oxygen atoms in total. The summed E-state index contributed by atoms with van der Waals surface area (Å²) in [6.07, 6.45) is 2.25. The predicted octanol–water partition coefficient (Wildman–Crippen LogP) is 3.20. The highest BCUT2D eigenvalue weighted by Crippen LogP contribution is 2.32. The standard InChI is InChI=1S/C25H29N5O4/c1-15(2)12-18(24-28-17-8-6-7-9-19(17)29(24)3)27-21(31)14-30-25(32)22-16(13-26-30)10-11-20(33-4)23(22)34-5/h6-11,13,15,18H,12,14H2,1-5H3,(H,27,31)/t18-/m1/s1. The van der Waals surface area contributed by atoms with Gasteiger partial charge in [-0.25, -0.2) is 9.67 Å². The fraction of sp³-hybridized carbons (Fsp3) is 0.360. The second-order valence-electron chi connectivity index (χ2n) is 8.64. The number of aromatic nitrogens is 4. The number of ether oxygens (including phenoxy) is 2. The number of para-hydroxylation sites is 2. The number of amides is 1. The molecule has 4 aromatic rings. The van der Waals surface area contributed by atoms with Gasteiger partial charge in [-0.15, -0.1) is 0 Å². The number of imidazole rings is 1. The van der Waals surface area contributed by atoms with E-state index >= 15 is 0 Å². The monoisotopic (exact) mass is 463 g/mol. The molecule has 34 heavy (non-hydrogen) atoms. The molecule has 2 aromatic carbocycles. The Morgan fingerprint density at radius 3 is 2.56 bits per heavy atom. The minimum absolute atomic E-state index is 0.228. The van der Waals surface area contributed by atoms with Gasteiger partial charge in [0.1, 0.15) is 12.4 Å². The molecular formula is C25H29N5O4. The Morgan fingerprint density at radius 1 is 1.12 bits per heavy atom. The molecule has 2 aromatic heterocycles. The van der Waals surface area contributed by atoms with Crippen LogP contribution in [-0.4, -0.2) is 39.5 Å². The van der Waals surface area contributed by atoms with E-state index in [1.807, 2.05) is 35.9 Å². The molecule has 0 unspecified atom stereocenters. The lowest BCUT2D eigenvalue weighted by molar-refractivity contribution is -0.122. The number of hydrogen-bond donors (Lipinski definition) is 1. The molecule has 2 heterocycles. The van der Waals surface area contributed by atoms with Gasteiger partial charge in [0.2, 0.25) is 5.91 Å². The second kappa shape index (κ2) is 9.54. The van der Waals surface area contributed by atoms with E-state index in [0.717, 1.165) is 21.5 Å². The third kappa shape index (κ3) is 4.33. The van der Waals surface area contributed by atoms with Crippen LogP contribution in [0.1, 0.15) is 32.1 Å². The highest BCUT2D eigenvalue weighted by atomic mass is 16.5. The molecule has 1 N–H and O–H groups in total. The highest BCUT2D eigenvalue weighted by molar-refractivity contribution is 5.89. The molecule has 0 aliphatic rings. The van der Waals surface area contributed by atoms with Crippen LogP contribution in [0, 0.1) is 5.92 Å². The molecule has 4 rings (SSSR count). The number of methoxy groups -OCH3 is 2. The summed E-state index contributed by atoms with van der Waals surface area (Å²) < 4.78 is 13.9. The Bertz CT molecular complexity index is 1410. The summed E-state index contributed by atoms with van der Waals surface area (Å²) in [6, 6.07) is 11.0. The largest absolute Gasteiger partial charge is 0.493 e. The zero-order valence-electron chi connectivity index (χ0n) is 20.0. The first-order chi connectivity index (χ1) is 16.3. The normalized spacial score (nSPS) is 12.3. The maximum Gasteiger partial charge on any atom is 0.279 e. The van der Waals surface area contributed by atoms with Gasteiger partial charge in [0.25, 0.3) is 5.56 Å². The summed E-state index contributed by atoms with van der Waals surface area (Å²) in [6.45, 7) is 3.96. The van der Waals surface area contributed by atoms with Crippen LogP contribution in [0.15, 0.2) is 47.4 Å². The van der Waals surface area contributed by atoms with E-state index < -0.39 is 5.56 Å². The summed E-state index contributed by atoms with van der Waals surface area (Å²) >= 11 is 0. The van der Waals surface area contributed by atoms with Crippen LogP contribution < -0.4 is 20.3 Å². The Balaban J connectivity index is 1.65. The molecule has 0 radical (unpaired) electrons. The number of carbonyl (C=O) groups excluding carboxylic acids is 1. The van der Waals surface area contributed by atoms with Gasteiger partial charge in [0, 0.05) is 12.4 Å². The number of carbonyl (C=O) groups is 1. The van der Waals surface area contributed by atoms with E-state index in [1.54, 1.807) is 18.3 Å². The number of rotatable bonds is 8. The molecule has 0 aliphatic carbocycles. The van der Waals surface area contributed by atoms with E-state index in [9.17, 15) is 9.59 Å². The van der Waals surface area contributed by atoms with Gasteiger partial charge in [-0.2, -0.15) is 5.10 Å². The maximum atomic E-state index is 13.2. The van der Waals surface area contributed by atoms with Crippen molar-refractivity contribution in [2.45, 2.75) is 32.9 Å². The average molecular weight is 464 g/mol. The first kappa shape index (κ1) is 23.3. The zero-order chi connectivity index (χ0) is 24.4. The molecule has 0 spiro atoms. The summed E-state index contributed by atoms with van der Waals surface area (Å²) in [5.41, 5.74) is 1.44. The lowest BCUT2D eigenvalue weighted by Gasteiger charge is -2.21. The van der Waals surface area contributed by atoms with Crippen LogP contribution >= 0.6 is 0 Å². The first-order valence-electron chi connectivity index (χ1n) is 11.2. The summed E-state index contributed by atoms with van der Waals surface area (Å²) in [5.74, 6) is 1.53. The average Bonchev–Trinajstić information content (AvgIpc) is 3.16. The molecule has 1 amide bonds. The predicted molar refractivity (Wildman–Crippen MR) is 130 cm³/mol. The quantitative estimate of drug-likeness (QED) is 0.431. The van der Waals surface area contributed by atoms with Crippen molar-refractivity contribution in [2.24, 2.45) is 13.0 Å². The zero-order valence-corrected chi connectivity index (χ0v) is 20.0. The minimum Gasteiger partial charge on any atom is -0.493 e. The van der Waals surface area contributed by atoms with Crippen molar-refractivity contribution in [3.63, 3.8) is 0 Å². The fourth-order valence-corrected chi connectivity index (χ4v) is 4.25. The summed E-state index contributed by atoms with van der Waals surface area (Å²) in [4.78, 5) is 31.0. The molecule has 0 bridgehead atoms. The van der Waals surface area contributed by atoms with Gasteiger partial charge in [0.05, 0.1) is 42.9 Å². The van der Waals surface area contributed by atoms with Crippen molar-refractivity contribution in [1.29, 1.82) is 0 Å². The smallest absolute Gasteiger partial charge is 0.279 e. The second-order valence-corrected chi connectivity index (χ2v) is 8.64. The van der Waals surface area contributed by atoms with Crippen LogP contribution in [0.25, 0.3) is 21.8 Å². The molecule has 0 fully saturated rings. The van der Waals surface area contributed by atoms with Crippen molar-refractivity contribution in [3.05, 3.63) is 58.8 Å². The van der Waals surface area contributed by atoms with Crippen molar-refractivity contribution in [1.82, 2.24) is 24.6 Å². The molecule has 0 saturated heterocycles. The summed E-state index contributed by atoms with van der Waals surface area (Å²) in [7, 11) is 4.92. The number of aryl methyl sites for hydroxylation is 1. The van der Waals surface area contributed by atoms with Gasteiger partial charge in [0.15, 0.2) is 11.5 Å². The topological polar surface area (TPSA) is 100 Å². The SMILES string of the molecule is COc1ccc2cnn(CC(=O)N[C@H](CC(C)C)c3nc4ccccc4n3C)c(=O)c2c1OC. The van der Waals surface area contributed by atoms with E-state index in [0.29, 0.717) is 34.6 Å². The Labute approximate surface area is 197 Å². The van der Waals surface area contributed by atoms with Crippen LogP contribution in [-0.2, 0) is 18.4 Å². The van der Waals surface area contributed by atoms with Crippen molar-refractivity contribution in [3.8, 4) is 11.5 Å². The lowest BCUT2D eigenvalue weighted by atomic mass is 10.0. The van der Waals surface area contributed by atoms with Gasteiger partial charge in [-0.05, 0) is 36.6 Å². The lowest BCUT2D eigenvalue weighted by Crippen LogP contribution is -2.37. The number of fused-ring (bicyclic) bond motifs is 2. The van der Waals surface area contributed by atoms with Crippen LogP contribution in [0.5, 0.6) is 11.5 Å². The molecule has 178 valence electrons. The van der Waals surface area contributed by atoms with E-state index in [1.165, 1.54) is 14.2 Å².